The van der Waals surface area contributed by atoms with E-state index in [0.717, 1.165) is 11.3 Å². The fraction of sp³-hybridized carbons (Fsp3) is 0.300. The standard InChI is InChI=1S/C10H12O3S/c1-13-7-14-6-8-2-4-9(5-3-8)10(11)12/h2-5H,6-7H2,1H3,(H,11,12). The van der Waals surface area contributed by atoms with E-state index in [1.165, 1.54) is 0 Å². The number of hydrogen-bond acceptors (Lipinski definition) is 3. The van der Waals surface area contributed by atoms with Gasteiger partial charge in [-0.15, -0.1) is 11.8 Å². The third kappa shape index (κ3) is 3.40. The van der Waals surface area contributed by atoms with Gasteiger partial charge in [0.25, 0.3) is 0 Å². The maximum Gasteiger partial charge on any atom is 0.335 e. The Morgan fingerprint density at radius 2 is 2.07 bits per heavy atom. The third-order valence-corrected chi connectivity index (χ3v) is 2.61. The molecule has 4 heteroatoms. The van der Waals surface area contributed by atoms with Crippen LogP contribution in [-0.2, 0) is 10.5 Å². The Morgan fingerprint density at radius 3 is 2.57 bits per heavy atom. The van der Waals surface area contributed by atoms with Gasteiger partial charge in [-0.1, -0.05) is 12.1 Å². The van der Waals surface area contributed by atoms with E-state index in [0.29, 0.717) is 11.5 Å². The van der Waals surface area contributed by atoms with Crippen molar-refractivity contribution in [3.8, 4) is 0 Å². The maximum absolute atomic E-state index is 10.5. The number of rotatable bonds is 5. The maximum atomic E-state index is 10.5. The van der Waals surface area contributed by atoms with E-state index < -0.39 is 5.97 Å². The van der Waals surface area contributed by atoms with Gasteiger partial charge < -0.3 is 9.84 Å². The van der Waals surface area contributed by atoms with Gasteiger partial charge in [-0.05, 0) is 17.7 Å². The molecule has 0 bridgehead atoms. The van der Waals surface area contributed by atoms with E-state index in [1.54, 1.807) is 31.0 Å². The Labute approximate surface area is 87.1 Å². The van der Waals surface area contributed by atoms with Crippen molar-refractivity contribution in [3.63, 3.8) is 0 Å². The highest BCUT2D eigenvalue weighted by molar-refractivity contribution is 7.98. The summed E-state index contributed by atoms with van der Waals surface area (Å²) in [7, 11) is 1.65. The third-order valence-electron chi connectivity index (χ3n) is 1.67. The molecule has 3 nitrogen and oxygen atoms in total. The SMILES string of the molecule is COCSCc1ccc(C(=O)O)cc1. The average molecular weight is 212 g/mol. The Kier molecular flexibility index (Phi) is 4.49. The quantitative estimate of drug-likeness (QED) is 0.600. The van der Waals surface area contributed by atoms with Crippen LogP contribution < -0.4 is 0 Å². The van der Waals surface area contributed by atoms with Gasteiger partial charge in [0.1, 0.15) is 0 Å². The predicted molar refractivity (Wildman–Crippen MR) is 56.6 cm³/mol. The van der Waals surface area contributed by atoms with Gasteiger partial charge in [0.05, 0.1) is 11.5 Å². The van der Waals surface area contributed by atoms with E-state index >= 15 is 0 Å². The zero-order valence-corrected chi connectivity index (χ0v) is 8.71. The molecule has 0 radical (unpaired) electrons. The van der Waals surface area contributed by atoms with Crippen LogP contribution in [0, 0.1) is 0 Å². The molecule has 0 aliphatic heterocycles. The van der Waals surface area contributed by atoms with Crippen molar-refractivity contribution >= 4 is 17.7 Å². The molecule has 0 aliphatic rings. The average Bonchev–Trinajstić information content (AvgIpc) is 2.19. The first-order chi connectivity index (χ1) is 6.74. The van der Waals surface area contributed by atoms with Crippen molar-refractivity contribution in [2.75, 3.05) is 13.0 Å². The summed E-state index contributed by atoms with van der Waals surface area (Å²) in [5.41, 5.74) is 1.43. The fourth-order valence-corrected chi connectivity index (χ4v) is 1.66. The number of carbonyl (C=O) groups is 1. The molecule has 0 aliphatic carbocycles. The zero-order valence-electron chi connectivity index (χ0n) is 7.90. The number of thioether (sulfide) groups is 1. The minimum absolute atomic E-state index is 0.325. The number of aromatic carboxylic acids is 1. The number of carboxylic acids is 1. The molecule has 0 atom stereocenters. The molecule has 0 fully saturated rings. The number of benzene rings is 1. The van der Waals surface area contributed by atoms with Crippen LogP contribution in [-0.4, -0.2) is 24.1 Å². The van der Waals surface area contributed by atoms with Gasteiger partial charge in [-0.2, -0.15) is 0 Å². The van der Waals surface area contributed by atoms with E-state index in [-0.39, 0.29) is 0 Å². The first-order valence-electron chi connectivity index (χ1n) is 4.13. The number of hydrogen-bond donors (Lipinski definition) is 1. The molecule has 0 unspecified atom stereocenters. The summed E-state index contributed by atoms with van der Waals surface area (Å²) in [5.74, 6) is 0.607. The molecule has 1 aromatic rings. The monoisotopic (exact) mass is 212 g/mol. The molecular formula is C10H12O3S. The molecule has 0 saturated heterocycles. The van der Waals surface area contributed by atoms with Crippen molar-refractivity contribution < 1.29 is 14.6 Å². The molecule has 0 heterocycles. The van der Waals surface area contributed by atoms with Crippen LogP contribution in [0.2, 0.25) is 0 Å². The summed E-state index contributed by atoms with van der Waals surface area (Å²) in [6.45, 7) is 0. The van der Waals surface area contributed by atoms with Gasteiger partial charge in [-0.3, -0.25) is 0 Å². The Balaban J connectivity index is 2.51. The van der Waals surface area contributed by atoms with Crippen LogP contribution in [0.25, 0.3) is 0 Å². The Bertz CT molecular complexity index is 295. The molecule has 0 spiro atoms. The summed E-state index contributed by atoms with van der Waals surface area (Å²) in [6.07, 6.45) is 0. The molecular weight excluding hydrogens is 200 g/mol. The van der Waals surface area contributed by atoms with E-state index in [2.05, 4.69) is 0 Å². The molecule has 1 N–H and O–H groups in total. The van der Waals surface area contributed by atoms with Crippen LogP contribution in [0.4, 0.5) is 0 Å². The lowest BCUT2D eigenvalue weighted by molar-refractivity contribution is 0.0697. The van der Waals surface area contributed by atoms with Gasteiger partial charge in [-0.25, -0.2) is 4.79 Å². The van der Waals surface area contributed by atoms with Crippen LogP contribution >= 0.6 is 11.8 Å². The summed E-state index contributed by atoms with van der Waals surface area (Å²) >= 11 is 1.65. The molecule has 14 heavy (non-hydrogen) atoms. The molecule has 0 saturated carbocycles. The second-order valence-electron chi connectivity index (χ2n) is 2.76. The Morgan fingerprint density at radius 1 is 1.43 bits per heavy atom. The fourth-order valence-electron chi connectivity index (χ4n) is 0.986. The molecule has 76 valence electrons. The lowest BCUT2D eigenvalue weighted by Gasteiger charge is -2.01. The summed E-state index contributed by atoms with van der Waals surface area (Å²) in [4.78, 5) is 10.5. The predicted octanol–water partition coefficient (Wildman–Crippen LogP) is 2.22. The number of ether oxygens (including phenoxy) is 1. The van der Waals surface area contributed by atoms with Gasteiger partial charge in [0.2, 0.25) is 0 Å². The molecule has 1 rings (SSSR count). The minimum Gasteiger partial charge on any atom is -0.478 e. The van der Waals surface area contributed by atoms with Crippen molar-refractivity contribution in [2.45, 2.75) is 5.75 Å². The molecule has 0 aromatic heterocycles. The number of carboxylic acid groups (broad SMARTS) is 1. The highest BCUT2D eigenvalue weighted by Crippen LogP contribution is 2.12. The smallest absolute Gasteiger partial charge is 0.335 e. The summed E-state index contributed by atoms with van der Waals surface area (Å²) < 4.78 is 4.89. The molecule has 0 amide bonds. The highest BCUT2D eigenvalue weighted by Gasteiger charge is 2.01. The van der Waals surface area contributed by atoms with Crippen LogP contribution in [0.1, 0.15) is 15.9 Å². The van der Waals surface area contributed by atoms with Gasteiger partial charge >= 0.3 is 5.97 Å². The van der Waals surface area contributed by atoms with E-state index in [9.17, 15) is 4.79 Å². The molecule has 1 aromatic carbocycles. The van der Waals surface area contributed by atoms with Crippen molar-refractivity contribution in [2.24, 2.45) is 0 Å². The van der Waals surface area contributed by atoms with Crippen LogP contribution in [0.5, 0.6) is 0 Å². The summed E-state index contributed by atoms with van der Waals surface area (Å²) in [6, 6.07) is 6.88. The summed E-state index contributed by atoms with van der Waals surface area (Å²) in [5, 5.41) is 8.66. The van der Waals surface area contributed by atoms with Crippen molar-refractivity contribution in [1.29, 1.82) is 0 Å². The normalized spacial score (nSPS) is 10.1. The highest BCUT2D eigenvalue weighted by atomic mass is 32.2. The van der Waals surface area contributed by atoms with Crippen LogP contribution in [0.15, 0.2) is 24.3 Å². The second-order valence-corrected chi connectivity index (χ2v) is 3.69. The van der Waals surface area contributed by atoms with Gasteiger partial charge in [0.15, 0.2) is 0 Å². The lowest BCUT2D eigenvalue weighted by Crippen LogP contribution is -1.95. The Hall–Kier alpha value is -1.00. The van der Waals surface area contributed by atoms with Gasteiger partial charge in [0, 0.05) is 12.9 Å². The van der Waals surface area contributed by atoms with Crippen molar-refractivity contribution in [3.05, 3.63) is 35.4 Å². The lowest BCUT2D eigenvalue weighted by atomic mass is 10.1. The number of methoxy groups -OCH3 is 1. The second kappa shape index (κ2) is 5.67. The zero-order chi connectivity index (χ0) is 10.4. The minimum atomic E-state index is -0.888. The van der Waals surface area contributed by atoms with E-state index in [1.807, 2.05) is 12.1 Å². The van der Waals surface area contributed by atoms with Crippen LogP contribution in [0.3, 0.4) is 0 Å². The topological polar surface area (TPSA) is 46.5 Å². The van der Waals surface area contributed by atoms with E-state index in [4.69, 9.17) is 9.84 Å². The first-order valence-corrected chi connectivity index (χ1v) is 5.28. The largest absolute Gasteiger partial charge is 0.478 e. The first kappa shape index (κ1) is 11.1. The van der Waals surface area contributed by atoms with Crippen molar-refractivity contribution in [1.82, 2.24) is 0 Å².